The van der Waals surface area contributed by atoms with E-state index >= 15 is 0 Å². The Morgan fingerprint density at radius 3 is 2.91 bits per heavy atom. The molecule has 4 heteroatoms. The van der Waals surface area contributed by atoms with Crippen LogP contribution in [0.1, 0.15) is 57.8 Å². The zero-order valence-electron chi connectivity index (χ0n) is 13.7. The molecule has 0 aromatic heterocycles. The molecule has 3 nitrogen and oxygen atoms in total. The molecule has 0 bridgehead atoms. The lowest BCUT2D eigenvalue weighted by atomic mass is 9.83. The van der Waals surface area contributed by atoms with Gasteiger partial charge < -0.3 is 15.3 Å². The lowest BCUT2D eigenvalue weighted by molar-refractivity contribution is 0.100. The van der Waals surface area contributed by atoms with E-state index < -0.39 is 0 Å². The molecular weight excluding hydrogens is 291 g/mol. The predicted molar refractivity (Wildman–Crippen MR) is 89.0 cm³/mol. The van der Waals surface area contributed by atoms with Crippen LogP contribution in [0.2, 0.25) is 0 Å². The molecule has 0 aromatic carbocycles. The fourth-order valence-corrected chi connectivity index (χ4v) is 4.87. The number of allylic oxidation sites excluding steroid dienone is 2. The first-order chi connectivity index (χ1) is 11.2. The van der Waals surface area contributed by atoms with Crippen molar-refractivity contribution in [3.05, 3.63) is 34.9 Å². The van der Waals surface area contributed by atoms with E-state index in [-0.39, 0.29) is 18.0 Å². The van der Waals surface area contributed by atoms with Crippen molar-refractivity contribution in [3.8, 4) is 0 Å². The van der Waals surface area contributed by atoms with E-state index in [1.807, 2.05) is 6.20 Å². The minimum atomic E-state index is -0.327. The summed E-state index contributed by atoms with van der Waals surface area (Å²) in [6.07, 6.45) is 13.1. The van der Waals surface area contributed by atoms with Crippen molar-refractivity contribution in [2.24, 2.45) is 5.92 Å². The summed E-state index contributed by atoms with van der Waals surface area (Å²) >= 11 is 0. The van der Waals surface area contributed by atoms with Crippen LogP contribution in [0, 0.1) is 5.92 Å². The van der Waals surface area contributed by atoms with Crippen LogP contribution in [0.3, 0.4) is 0 Å². The van der Waals surface area contributed by atoms with E-state index in [0.29, 0.717) is 12.3 Å². The van der Waals surface area contributed by atoms with Gasteiger partial charge in [-0.1, -0.05) is 32.1 Å². The molecule has 2 aliphatic heterocycles. The first-order valence-corrected chi connectivity index (χ1v) is 9.21. The number of nitrogens with zero attached hydrogens (tertiary/aromatic N) is 1. The van der Waals surface area contributed by atoms with Crippen LogP contribution < -0.4 is 5.32 Å². The molecule has 2 aliphatic carbocycles. The number of fused-ring (bicyclic) bond motifs is 2. The fourth-order valence-electron chi connectivity index (χ4n) is 4.87. The molecule has 126 valence electrons. The van der Waals surface area contributed by atoms with Gasteiger partial charge in [-0.15, -0.1) is 0 Å². The maximum absolute atomic E-state index is 14.5. The number of aliphatic hydroxyl groups is 1. The van der Waals surface area contributed by atoms with Crippen molar-refractivity contribution in [2.45, 2.75) is 69.9 Å². The molecule has 0 saturated heterocycles. The monoisotopic (exact) mass is 318 g/mol. The lowest BCUT2D eigenvalue weighted by Gasteiger charge is -2.30. The van der Waals surface area contributed by atoms with Crippen LogP contribution in [0.15, 0.2) is 34.9 Å². The van der Waals surface area contributed by atoms with Crippen LogP contribution in [0.25, 0.3) is 0 Å². The molecule has 23 heavy (non-hydrogen) atoms. The average Bonchev–Trinajstić information content (AvgIpc) is 3.12. The van der Waals surface area contributed by atoms with E-state index in [0.717, 1.165) is 42.8 Å². The Balaban J connectivity index is 1.48. The molecule has 0 spiro atoms. The first kappa shape index (κ1) is 15.3. The van der Waals surface area contributed by atoms with Crippen LogP contribution in [-0.4, -0.2) is 28.8 Å². The third-order valence-electron chi connectivity index (χ3n) is 5.95. The van der Waals surface area contributed by atoms with Crippen molar-refractivity contribution in [2.75, 3.05) is 6.67 Å². The zero-order valence-corrected chi connectivity index (χ0v) is 13.7. The largest absolute Gasteiger partial charge is 0.393 e. The van der Waals surface area contributed by atoms with Gasteiger partial charge >= 0.3 is 0 Å². The lowest BCUT2D eigenvalue weighted by Crippen LogP contribution is -2.36. The van der Waals surface area contributed by atoms with Crippen LogP contribution in [0.5, 0.6) is 0 Å². The van der Waals surface area contributed by atoms with E-state index in [2.05, 4.69) is 10.2 Å². The summed E-state index contributed by atoms with van der Waals surface area (Å²) in [5, 5.41) is 13.9. The van der Waals surface area contributed by atoms with Gasteiger partial charge in [0.2, 0.25) is 0 Å². The minimum Gasteiger partial charge on any atom is -0.393 e. The maximum Gasteiger partial charge on any atom is 0.124 e. The van der Waals surface area contributed by atoms with E-state index in [1.54, 1.807) is 6.08 Å². The van der Waals surface area contributed by atoms with Gasteiger partial charge in [-0.05, 0) is 43.3 Å². The Labute approximate surface area is 137 Å². The Bertz CT molecular complexity index is 560. The molecule has 0 aromatic rings. The van der Waals surface area contributed by atoms with Gasteiger partial charge in [0.1, 0.15) is 5.83 Å². The number of aliphatic hydroxyl groups excluding tert-OH is 1. The Kier molecular flexibility index (Phi) is 4.18. The highest BCUT2D eigenvalue weighted by Crippen LogP contribution is 2.45. The summed E-state index contributed by atoms with van der Waals surface area (Å²) in [5.41, 5.74) is 3.16. The molecule has 2 heterocycles. The molecular formula is C19H27FN2O. The second-order valence-electron chi connectivity index (χ2n) is 7.49. The molecule has 2 atom stereocenters. The number of rotatable bonds is 4. The highest BCUT2D eigenvalue weighted by molar-refractivity contribution is 5.53. The van der Waals surface area contributed by atoms with Gasteiger partial charge in [0.05, 0.1) is 24.5 Å². The maximum atomic E-state index is 14.5. The SMILES string of the molecule is OC(CC1CCCCC1)CC1C2=C(CCC=C2F)C2=CNCN21. The Hall–Kier alpha value is -1.29. The van der Waals surface area contributed by atoms with Crippen molar-refractivity contribution >= 4 is 0 Å². The van der Waals surface area contributed by atoms with Crippen molar-refractivity contribution in [3.63, 3.8) is 0 Å². The third-order valence-corrected chi connectivity index (χ3v) is 5.95. The van der Waals surface area contributed by atoms with Crippen molar-refractivity contribution in [1.29, 1.82) is 0 Å². The normalized spacial score (nSPS) is 29.0. The highest BCUT2D eigenvalue weighted by atomic mass is 19.1. The number of nitrogens with one attached hydrogen (secondary N) is 1. The molecule has 1 fully saturated rings. The van der Waals surface area contributed by atoms with Crippen molar-refractivity contribution in [1.82, 2.24) is 10.2 Å². The second kappa shape index (κ2) is 6.31. The fraction of sp³-hybridized carbons (Fsp3) is 0.684. The predicted octanol–water partition coefficient (Wildman–Crippen LogP) is 3.74. The van der Waals surface area contributed by atoms with E-state index in [4.69, 9.17) is 0 Å². The summed E-state index contributed by atoms with van der Waals surface area (Å²) < 4.78 is 14.5. The Morgan fingerprint density at radius 2 is 2.09 bits per heavy atom. The van der Waals surface area contributed by atoms with E-state index in [1.165, 1.54) is 32.1 Å². The Morgan fingerprint density at radius 1 is 1.26 bits per heavy atom. The second-order valence-corrected chi connectivity index (χ2v) is 7.49. The summed E-state index contributed by atoms with van der Waals surface area (Å²) in [4.78, 5) is 2.24. The summed E-state index contributed by atoms with van der Waals surface area (Å²) in [7, 11) is 0. The molecule has 0 radical (unpaired) electrons. The van der Waals surface area contributed by atoms with Gasteiger partial charge in [0, 0.05) is 11.8 Å². The van der Waals surface area contributed by atoms with Gasteiger partial charge in [0.25, 0.3) is 0 Å². The standard InChI is InChI=1S/C19H27FN2O/c20-16-8-4-7-15-18-11-21-12-22(18)17(19(15)16)10-14(23)9-13-5-2-1-3-6-13/h8,11,13-14,17,21,23H,1-7,9-10,12H2. The smallest absolute Gasteiger partial charge is 0.124 e. The summed E-state index contributed by atoms with van der Waals surface area (Å²) in [6, 6.07) is 0.00129. The average molecular weight is 318 g/mol. The molecule has 1 saturated carbocycles. The third kappa shape index (κ3) is 2.82. The van der Waals surface area contributed by atoms with Crippen LogP contribution in [-0.2, 0) is 0 Å². The molecule has 2 N–H and O–H groups in total. The van der Waals surface area contributed by atoms with Gasteiger partial charge in [-0.3, -0.25) is 0 Å². The van der Waals surface area contributed by atoms with Crippen molar-refractivity contribution < 1.29 is 9.50 Å². The van der Waals surface area contributed by atoms with Gasteiger partial charge in [-0.2, -0.15) is 0 Å². The summed E-state index contributed by atoms with van der Waals surface area (Å²) in [5.74, 6) is 0.600. The number of hydrogen-bond donors (Lipinski definition) is 2. The van der Waals surface area contributed by atoms with Gasteiger partial charge in [-0.25, -0.2) is 4.39 Å². The number of hydrogen-bond acceptors (Lipinski definition) is 3. The summed E-state index contributed by atoms with van der Waals surface area (Å²) in [6.45, 7) is 0.733. The molecule has 2 unspecified atom stereocenters. The topological polar surface area (TPSA) is 35.5 Å². The van der Waals surface area contributed by atoms with Crippen LogP contribution >= 0.6 is 0 Å². The quantitative estimate of drug-likeness (QED) is 0.829. The zero-order chi connectivity index (χ0) is 15.8. The first-order valence-electron chi connectivity index (χ1n) is 9.21. The minimum absolute atomic E-state index is 0.00129. The van der Waals surface area contributed by atoms with E-state index in [9.17, 15) is 9.50 Å². The molecule has 4 aliphatic rings. The van der Waals surface area contributed by atoms with Crippen LogP contribution in [0.4, 0.5) is 4.39 Å². The number of halogens is 1. The molecule has 4 rings (SSSR count). The molecule has 0 amide bonds. The van der Waals surface area contributed by atoms with Gasteiger partial charge in [0.15, 0.2) is 0 Å². The highest BCUT2D eigenvalue weighted by Gasteiger charge is 2.41.